The summed E-state index contributed by atoms with van der Waals surface area (Å²) in [5.74, 6) is 1.21. The third kappa shape index (κ3) is 5.38. The molecule has 3 aliphatic heterocycles. The summed E-state index contributed by atoms with van der Waals surface area (Å²) in [4.78, 5) is 20.0. The van der Waals surface area contributed by atoms with Gasteiger partial charge in [-0.05, 0) is 100 Å². The van der Waals surface area contributed by atoms with Crippen LogP contribution in [0.5, 0.6) is 5.75 Å². The zero-order valence-corrected chi connectivity index (χ0v) is 23.2. The van der Waals surface area contributed by atoms with Gasteiger partial charge >= 0.3 is 0 Å². The van der Waals surface area contributed by atoms with Crippen molar-refractivity contribution in [1.29, 1.82) is 0 Å². The Morgan fingerprint density at radius 1 is 1.21 bits per heavy atom. The number of carbonyl (C=O) groups is 1. The number of hydrogen-bond donors (Lipinski definition) is 1. The van der Waals surface area contributed by atoms with Gasteiger partial charge in [0.05, 0.1) is 17.1 Å². The van der Waals surface area contributed by atoms with Crippen LogP contribution < -0.4 is 4.74 Å². The highest BCUT2D eigenvalue weighted by Crippen LogP contribution is 2.41. The second-order valence-corrected chi connectivity index (χ2v) is 11.7. The lowest BCUT2D eigenvalue weighted by Crippen LogP contribution is -2.46. The smallest absolute Gasteiger partial charge is 0.140 e. The van der Waals surface area contributed by atoms with Gasteiger partial charge in [-0.15, -0.1) is 0 Å². The van der Waals surface area contributed by atoms with Gasteiger partial charge in [-0.1, -0.05) is 42.0 Å². The SMILES string of the molecule is CC(=O)C1(c2ccc(Cl)cc2)CCN(CC/C=C2/c3cc(C(C)(C)O)ccc3OCC3N=CC=CC23)CC1. The molecule has 200 valence electrons. The van der Waals surface area contributed by atoms with E-state index in [0.717, 1.165) is 61.3 Å². The minimum Gasteiger partial charge on any atom is -0.491 e. The van der Waals surface area contributed by atoms with Gasteiger partial charge in [0.1, 0.15) is 18.1 Å². The lowest BCUT2D eigenvalue weighted by Gasteiger charge is -2.40. The van der Waals surface area contributed by atoms with E-state index < -0.39 is 11.0 Å². The molecule has 1 saturated heterocycles. The Balaban J connectivity index is 1.34. The van der Waals surface area contributed by atoms with Crippen molar-refractivity contribution in [2.75, 3.05) is 26.2 Å². The van der Waals surface area contributed by atoms with E-state index >= 15 is 0 Å². The van der Waals surface area contributed by atoms with Crippen molar-refractivity contribution in [3.63, 3.8) is 0 Å². The summed E-state index contributed by atoms with van der Waals surface area (Å²) in [6, 6.07) is 13.8. The molecule has 0 aliphatic carbocycles. The average molecular weight is 533 g/mol. The number of aliphatic imine (C=N–C) groups is 1. The number of likely N-dealkylation sites (tertiary alicyclic amines) is 1. The van der Waals surface area contributed by atoms with Crippen LogP contribution in [0.3, 0.4) is 0 Å². The number of allylic oxidation sites excluding steroid dienone is 1. The maximum absolute atomic E-state index is 12.8. The van der Waals surface area contributed by atoms with Crippen LogP contribution in [0.15, 0.2) is 65.7 Å². The van der Waals surface area contributed by atoms with E-state index in [1.54, 1.807) is 6.92 Å². The summed E-state index contributed by atoms with van der Waals surface area (Å²) >= 11 is 6.10. The number of rotatable bonds is 6. The topological polar surface area (TPSA) is 62.1 Å². The molecule has 3 heterocycles. The number of dihydropyridines is 1. The summed E-state index contributed by atoms with van der Waals surface area (Å²) in [6.45, 7) is 8.55. The Kier molecular flexibility index (Phi) is 7.63. The molecule has 3 aliphatic rings. The standard InChI is InChI=1S/C32H37ClN2O3/c1-22(36)32(23-8-11-25(33)12-9-23)14-18-35(19-15-32)17-5-7-26-27-6-4-16-34-29(27)21-38-30-13-10-24(20-28(26)30)31(2,3)37/h4,6-13,16,20,27,29,37H,5,14-15,17-19,21H2,1-3H3/b26-7+. The molecular formula is C32H37ClN2O3. The first-order valence-electron chi connectivity index (χ1n) is 13.6. The van der Waals surface area contributed by atoms with Crippen LogP contribution in [0, 0.1) is 5.92 Å². The number of piperidine rings is 1. The number of ketones is 1. The third-order valence-corrected chi connectivity index (χ3v) is 8.70. The van der Waals surface area contributed by atoms with Crippen LogP contribution in [0.25, 0.3) is 5.57 Å². The number of benzene rings is 2. The van der Waals surface area contributed by atoms with E-state index in [1.165, 1.54) is 5.57 Å². The van der Waals surface area contributed by atoms with Crippen molar-refractivity contribution in [2.24, 2.45) is 10.9 Å². The van der Waals surface area contributed by atoms with Crippen LogP contribution in [-0.2, 0) is 15.8 Å². The van der Waals surface area contributed by atoms with Crippen LogP contribution in [0.4, 0.5) is 0 Å². The van der Waals surface area contributed by atoms with E-state index in [-0.39, 0.29) is 17.7 Å². The number of hydrogen-bond acceptors (Lipinski definition) is 5. The average Bonchev–Trinajstić information content (AvgIpc) is 3.06. The molecule has 2 aromatic carbocycles. The summed E-state index contributed by atoms with van der Waals surface area (Å²) in [5, 5.41) is 11.4. The minimum absolute atomic E-state index is 0.0368. The third-order valence-electron chi connectivity index (χ3n) is 8.45. The van der Waals surface area contributed by atoms with Crippen molar-refractivity contribution >= 4 is 29.2 Å². The molecule has 1 N–H and O–H groups in total. The van der Waals surface area contributed by atoms with Crippen molar-refractivity contribution in [3.05, 3.63) is 82.4 Å². The second kappa shape index (κ2) is 10.8. The van der Waals surface area contributed by atoms with Crippen LogP contribution in [0.1, 0.15) is 56.7 Å². The molecular weight excluding hydrogens is 496 g/mol. The van der Waals surface area contributed by atoms with Gasteiger partial charge in [-0.2, -0.15) is 0 Å². The summed E-state index contributed by atoms with van der Waals surface area (Å²) < 4.78 is 6.19. The highest BCUT2D eigenvalue weighted by Gasteiger charge is 2.40. The second-order valence-electron chi connectivity index (χ2n) is 11.3. The van der Waals surface area contributed by atoms with E-state index in [1.807, 2.05) is 62.5 Å². The largest absolute Gasteiger partial charge is 0.491 e. The fourth-order valence-corrected chi connectivity index (χ4v) is 6.17. The monoisotopic (exact) mass is 532 g/mol. The zero-order chi connectivity index (χ0) is 26.9. The minimum atomic E-state index is -0.937. The maximum Gasteiger partial charge on any atom is 0.140 e. The van der Waals surface area contributed by atoms with E-state index in [0.29, 0.717) is 11.6 Å². The maximum atomic E-state index is 12.8. The van der Waals surface area contributed by atoms with Gasteiger partial charge in [0, 0.05) is 29.3 Å². The van der Waals surface area contributed by atoms with E-state index in [9.17, 15) is 9.90 Å². The number of ether oxygens (including phenoxy) is 1. The predicted molar refractivity (Wildman–Crippen MR) is 154 cm³/mol. The molecule has 38 heavy (non-hydrogen) atoms. The van der Waals surface area contributed by atoms with Crippen molar-refractivity contribution in [1.82, 2.24) is 4.90 Å². The van der Waals surface area contributed by atoms with E-state index in [4.69, 9.17) is 21.3 Å². The van der Waals surface area contributed by atoms with E-state index in [2.05, 4.69) is 23.1 Å². The first kappa shape index (κ1) is 26.9. The van der Waals surface area contributed by atoms with Gasteiger partial charge in [0.15, 0.2) is 0 Å². The highest BCUT2D eigenvalue weighted by atomic mass is 35.5. The molecule has 2 unspecified atom stereocenters. The van der Waals surface area contributed by atoms with Crippen LogP contribution >= 0.6 is 11.6 Å². The molecule has 0 spiro atoms. The number of nitrogens with zero attached hydrogens (tertiary/aromatic N) is 2. The number of halogens is 1. The molecule has 0 saturated carbocycles. The fraction of sp³-hybridized carbons (Fsp3) is 0.438. The molecule has 2 atom stereocenters. The van der Waals surface area contributed by atoms with Gasteiger partial charge < -0.3 is 14.7 Å². The normalized spacial score (nSPS) is 23.9. The summed E-state index contributed by atoms with van der Waals surface area (Å²) in [5.41, 5.74) is 2.82. The summed E-state index contributed by atoms with van der Waals surface area (Å²) in [6.07, 6.45) is 10.9. The van der Waals surface area contributed by atoms with Gasteiger partial charge in [0.25, 0.3) is 0 Å². The number of aliphatic hydroxyl groups is 1. The molecule has 0 aromatic heterocycles. The van der Waals surface area contributed by atoms with Crippen LogP contribution in [0.2, 0.25) is 5.02 Å². The van der Waals surface area contributed by atoms with Crippen molar-refractivity contribution in [3.8, 4) is 5.75 Å². The first-order chi connectivity index (χ1) is 18.2. The number of fused-ring (bicyclic) bond motifs is 2. The Labute approximate surface area is 230 Å². The molecule has 5 rings (SSSR count). The number of carbonyl (C=O) groups excluding carboxylic acids is 1. The fourth-order valence-electron chi connectivity index (χ4n) is 6.04. The summed E-state index contributed by atoms with van der Waals surface area (Å²) in [7, 11) is 0. The number of Topliss-reactive ketones (excluding diaryl/α,β-unsaturated/α-hetero) is 1. The predicted octanol–water partition coefficient (Wildman–Crippen LogP) is 5.98. The molecule has 5 nitrogen and oxygen atoms in total. The van der Waals surface area contributed by atoms with Gasteiger partial charge in [-0.25, -0.2) is 0 Å². The highest BCUT2D eigenvalue weighted by molar-refractivity contribution is 6.30. The first-order valence-corrected chi connectivity index (χ1v) is 13.9. The quantitative estimate of drug-likeness (QED) is 0.497. The lowest BCUT2D eigenvalue weighted by molar-refractivity contribution is -0.124. The molecule has 6 heteroatoms. The van der Waals surface area contributed by atoms with Crippen molar-refractivity contribution in [2.45, 2.75) is 57.1 Å². The van der Waals surface area contributed by atoms with Gasteiger partial charge in [0.2, 0.25) is 0 Å². The Bertz CT molecular complexity index is 1260. The molecule has 0 radical (unpaired) electrons. The zero-order valence-electron chi connectivity index (χ0n) is 22.5. The lowest BCUT2D eigenvalue weighted by atomic mass is 9.70. The van der Waals surface area contributed by atoms with Crippen molar-refractivity contribution < 1.29 is 14.6 Å². The Morgan fingerprint density at radius 2 is 1.95 bits per heavy atom. The Morgan fingerprint density at radius 3 is 2.63 bits per heavy atom. The molecule has 0 bridgehead atoms. The van der Waals surface area contributed by atoms with Gasteiger partial charge in [-0.3, -0.25) is 9.79 Å². The molecule has 2 aromatic rings. The van der Waals surface area contributed by atoms with Crippen LogP contribution in [-0.4, -0.2) is 54.3 Å². The molecule has 0 amide bonds. The Hall–Kier alpha value is -2.73. The molecule has 1 fully saturated rings.